The maximum absolute atomic E-state index is 13.9. The van der Waals surface area contributed by atoms with Crippen LogP contribution in [-0.2, 0) is 14.8 Å². The average molecular weight is 452 g/mol. The molecule has 0 bridgehead atoms. The molecule has 0 spiro atoms. The molecular formula is C21H26FN3O5S. The van der Waals surface area contributed by atoms with Gasteiger partial charge in [-0.25, -0.2) is 17.5 Å². The van der Waals surface area contributed by atoms with Crippen molar-refractivity contribution in [2.45, 2.75) is 11.8 Å². The first-order chi connectivity index (χ1) is 14.9. The van der Waals surface area contributed by atoms with Crippen LogP contribution in [0.1, 0.15) is 17.3 Å². The highest BCUT2D eigenvalue weighted by atomic mass is 32.2. The molecule has 0 radical (unpaired) electrons. The molecule has 1 heterocycles. The van der Waals surface area contributed by atoms with Gasteiger partial charge < -0.3 is 14.8 Å². The second kappa shape index (κ2) is 10.7. The maximum atomic E-state index is 13.9. The standard InChI is InChI=1S/C21H26FN3O5S/c1-2-30-20-8-7-16(31(27,28)23-9-10-25-11-13-29-14-12-25)15-19(20)24-21(26)17-5-3-4-6-18(17)22/h3-8,15,23H,2,9-14H2,1H3,(H,24,26). The molecule has 3 rings (SSSR count). The largest absolute Gasteiger partial charge is 0.492 e. The lowest BCUT2D eigenvalue weighted by Gasteiger charge is -2.26. The summed E-state index contributed by atoms with van der Waals surface area (Å²) in [4.78, 5) is 14.6. The molecule has 31 heavy (non-hydrogen) atoms. The molecule has 2 aromatic carbocycles. The monoisotopic (exact) mass is 451 g/mol. The average Bonchev–Trinajstić information content (AvgIpc) is 2.76. The Kier molecular flexibility index (Phi) is 7.97. The molecule has 10 heteroatoms. The first kappa shape index (κ1) is 23.1. The van der Waals surface area contributed by atoms with Gasteiger partial charge >= 0.3 is 0 Å². The molecular weight excluding hydrogens is 425 g/mol. The van der Waals surface area contributed by atoms with E-state index in [0.29, 0.717) is 32.1 Å². The van der Waals surface area contributed by atoms with Crippen molar-refractivity contribution < 1.29 is 27.1 Å². The summed E-state index contributed by atoms with van der Waals surface area (Å²) in [6, 6.07) is 9.73. The number of ether oxygens (including phenoxy) is 2. The smallest absolute Gasteiger partial charge is 0.258 e. The third-order valence-electron chi connectivity index (χ3n) is 4.75. The Balaban J connectivity index is 1.75. The molecule has 2 aromatic rings. The van der Waals surface area contributed by atoms with E-state index in [2.05, 4.69) is 14.9 Å². The van der Waals surface area contributed by atoms with Crippen molar-refractivity contribution in [3.8, 4) is 5.75 Å². The van der Waals surface area contributed by atoms with E-state index in [9.17, 15) is 17.6 Å². The number of sulfonamides is 1. The van der Waals surface area contributed by atoms with Crippen LogP contribution in [0.4, 0.5) is 10.1 Å². The quantitative estimate of drug-likeness (QED) is 0.606. The molecule has 1 amide bonds. The number of rotatable bonds is 9. The van der Waals surface area contributed by atoms with Crippen molar-refractivity contribution in [3.63, 3.8) is 0 Å². The van der Waals surface area contributed by atoms with E-state index in [1.807, 2.05) is 0 Å². The predicted molar refractivity (Wildman–Crippen MR) is 114 cm³/mol. The lowest BCUT2D eigenvalue weighted by Crippen LogP contribution is -2.41. The Morgan fingerprint density at radius 2 is 1.94 bits per heavy atom. The third kappa shape index (κ3) is 6.23. The Morgan fingerprint density at radius 1 is 1.19 bits per heavy atom. The van der Waals surface area contributed by atoms with Gasteiger partial charge in [0.1, 0.15) is 11.6 Å². The van der Waals surface area contributed by atoms with Crippen molar-refractivity contribution in [1.29, 1.82) is 0 Å². The van der Waals surface area contributed by atoms with Crippen LogP contribution in [-0.4, -0.2) is 65.2 Å². The highest BCUT2D eigenvalue weighted by molar-refractivity contribution is 7.89. The first-order valence-electron chi connectivity index (χ1n) is 10.0. The number of anilines is 1. The van der Waals surface area contributed by atoms with Gasteiger partial charge in [0, 0.05) is 26.2 Å². The van der Waals surface area contributed by atoms with Crippen LogP contribution in [0.15, 0.2) is 47.4 Å². The summed E-state index contributed by atoms with van der Waals surface area (Å²) in [5.74, 6) is -1.08. The zero-order chi connectivity index (χ0) is 22.3. The predicted octanol–water partition coefficient (Wildman–Crippen LogP) is 2.09. The van der Waals surface area contributed by atoms with Crippen LogP contribution in [0.25, 0.3) is 0 Å². The second-order valence-corrected chi connectivity index (χ2v) is 8.64. The van der Waals surface area contributed by atoms with E-state index in [0.717, 1.165) is 13.1 Å². The Hall–Kier alpha value is -2.53. The number of carbonyl (C=O) groups excluding carboxylic acids is 1. The Morgan fingerprint density at radius 3 is 2.65 bits per heavy atom. The maximum Gasteiger partial charge on any atom is 0.258 e. The minimum absolute atomic E-state index is 0.0261. The second-order valence-electron chi connectivity index (χ2n) is 6.88. The summed E-state index contributed by atoms with van der Waals surface area (Å²) in [7, 11) is -3.81. The van der Waals surface area contributed by atoms with Gasteiger partial charge in [-0.15, -0.1) is 0 Å². The molecule has 1 aliphatic heterocycles. The number of hydrogen-bond donors (Lipinski definition) is 2. The molecule has 0 aliphatic carbocycles. The number of amides is 1. The molecule has 1 aliphatic rings. The van der Waals surface area contributed by atoms with E-state index in [1.54, 1.807) is 13.0 Å². The van der Waals surface area contributed by atoms with Gasteiger partial charge in [0.2, 0.25) is 10.0 Å². The van der Waals surface area contributed by atoms with Crippen molar-refractivity contribution in [1.82, 2.24) is 9.62 Å². The van der Waals surface area contributed by atoms with Crippen LogP contribution in [0.2, 0.25) is 0 Å². The first-order valence-corrected chi connectivity index (χ1v) is 11.5. The molecule has 0 unspecified atom stereocenters. The summed E-state index contributed by atoms with van der Waals surface area (Å²) in [6.07, 6.45) is 0. The van der Waals surface area contributed by atoms with Crippen molar-refractivity contribution in [2.75, 3.05) is 51.3 Å². The molecule has 8 nitrogen and oxygen atoms in total. The number of halogens is 1. The topological polar surface area (TPSA) is 97.0 Å². The van der Waals surface area contributed by atoms with Gasteiger partial charge in [0.15, 0.2) is 0 Å². The highest BCUT2D eigenvalue weighted by Crippen LogP contribution is 2.28. The molecule has 1 saturated heterocycles. The van der Waals surface area contributed by atoms with E-state index in [1.165, 1.54) is 36.4 Å². The molecule has 0 aromatic heterocycles. The lowest BCUT2D eigenvalue weighted by atomic mass is 10.2. The van der Waals surface area contributed by atoms with Crippen LogP contribution in [0.5, 0.6) is 5.75 Å². The number of nitrogens with zero attached hydrogens (tertiary/aromatic N) is 1. The molecule has 1 fully saturated rings. The zero-order valence-electron chi connectivity index (χ0n) is 17.3. The van der Waals surface area contributed by atoms with Gasteiger partial charge in [-0.05, 0) is 37.3 Å². The number of carbonyl (C=O) groups is 1. The molecule has 168 valence electrons. The fraction of sp³-hybridized carbons (Fsp3) is 0.381. The molecule has 2 N–H and O–H groups in total. The van der Waals surface area contributed by atoms with E-state index >= 15 is 0 Å². The fourth-order valence-corrected chi connectivity index (χ4v) is 4.18. The van der Waals surface area contributed by atoms with E-state index in [-0.39, 0.29) is 22.7 Å². The number of hydrogen-bond acceptors (Lipinski definition) is 6. The molecule has 0 atom stereocenters. The zero-order valence-corrected chi connectivity index (χ0v) is 18.1. The van der Waals surface area contributed by atoms with Crippen LogP contribution >= 0.6 is 0 Å². The fourth-order valence-electron chi connectivity index (χ4n) is 3.14. The summed E-state index contributed by atoms with van der Waals surface area (Å²) in [6.45, 7) is 5.68. The van der Waals surface area contributed by atoms with Gasteiger partial charge in [0.25, 0.3) is 5.91 Å². The summed E-state index contributed by atoms with van der Waals surface area (Å²) < 4.78 is 52.8. The minimum Gasteiger partial charge on any atom is -0.492 e. The van der Waals surface area contributed by atoms with Crippen LogP contribution in [0.3, 0.4) is 0 Å². The third-order valence-corrected chi connectivity index (χ3v) is 6.21. The normalized spacial score (nSPS) is 14.9. The van der Waals surface area contributed by atoms with Crippen molar-refractivity contribution in [3.05, 3.63) is 53.8 Å². The number of benzene rings is 2. The van der Waals surface area contributed by atoms with Crippen LogP contribution < -0.4 is 14.8 Å². The summed E-state index contributed by atoms with van der Waals surface area (Å²) in [5.41, 5.74) is -0.00648. The van der Waals surface area contributed by atoms with Gasteiger partial charge in [-0.3, -0.25) is 9.69 Å². The minimum atomic E-state index is -3.81. The SMILES string of the molecule is CCOc1ccc(S(=O)(=O)NCCN2CCOCC2)cc1NC(=O)c1ccccc1F. The lowest BCUT2D eigenvalue weighted by molar-refractivity contribution is 0.0390. The van der Waals surface area contributed by atoms with Gasteiger partial charge in [-0.1, -0.05) is 12.1 Å². The highest BCUT2D eigenvalue weighted by Gasteiger charge is 2.20. The van der Waals surface area contributed by atoms with E-state index in [4.69, 9.17) is 9.47 Å². The van der Waals surface area contributed by atoms with Gasteiger partial charge in [-0.2, -0.15) is 0 Å². The van der Waals surface area contributed by atoms with Crippen molar-refractivity contribution in [2.24, 2.45) is 0 Å². The van der Waals surface area contributed by atoms with Gasteiger partial charge in [0.05, 0.1) is 36.0 Å². The summed E-state index contributed by atoms with van der Waals surface area (Å²) in [5, 5.41) is 2.55. The van der Waals surface area contributed by atoms with Crippen molar-refractivity contribution >= 4 is 21.6 Å². The van der Waals surface area contributed by atoms with Crippen LogP contribution in [0, 0.1) is 5.82 Å². The summed E-state index contributed by atoms with van der Waals surface area (Å²) >= 11 is 0. The number of nitrogens with one attached hydrogen (secondary N) is 2. The Bertz CT molecular complexity index is 1010. The molecule has 0 saturated carbocycles. The Labute approximate surface area is 181 Å². The van der Waals surface area contributed by atoms with E-state index < -0.39 is 21.7 Å². The number of morpholine rings is 1.